The Kier molecular flexibility index (Phi) is 3.47. The molecule has 0 bridgehead atoms. The maximum atomic E-state index is 12.2. The Morgan fingerprint density at radius 2 is 1.93 bits per heavy atom. The number of carbonyl (C=O) groups is 1. The molecular formula is C13H16OS. The van der Waals surface area contributed by atoms with Gasteiger partial charge in [-0.05, 0) is 25.2 Å². The normalized spacial score (nSPS) is 16.9. The van der Waals surface area contributed by atoms with Gasteiger partial charge in [0.05, 0.1) is 0 Å². The summed E-state index contributed by atoms with van der Waals surface area (Å²) in [5.74, 6) is 0.649. The van der Waals surface area contributed by atoms with Crippen LogP contribution in [0.4, 0.5) is 0 Å². The van der Waals surface area contributed by atoms with E-state index >= 15 is 0 Å². The van der Waals surface area contributed by atoms with Crippen molar-refractivity contribution < 1.29 is 4.79 Å². The first-order chi connectivity index (χ1) is 7.33. The summed E-state index contributed by atoms with van der Waals surface area (Å²) >= 11 is 1.66. The molecule has 2 heteroatoms. The summed E-state index contributed by atoms with van der Waals surface area (Å²) in [5, 5.41) is 0. The van der Waals surface area contributed by atoms with Gasteiger partial charge in [-0.25, -0.2) is 0 Å². The minimum Gasteiger partial charge on any atom is -0.294 e. The highest BCUT2D eigenvalue weighted by atomic mass is 32.2. The molecule has 1 aliphatic rings. The van der Waals surface area contributed by atoms with Crippen molar-refractivity contribution in [3.8, 4) is 0 Å². The zero-order valence-corrected chi connectivity index (χ0v) is 9.85. The van der Waals surface area contributed by atoms with Gasteiger partial charge in [-0.1, -0.05) is 31.0 Å². The van der Waals surface area contributed by atoms with Crippen molar-refractivity contribution in [1.29, 1.82) is 0 Å². The molecule has 0 heterocycles. The Morgan fingerprint density at radius 1 is 1.27 bits per heavy atom. The third kappa shape index (κ3) is 2.25. The van der Waals surface area contributed by atoms with Crippen LogP contribution in [0.1, 0.15) is 36.0 Å². The fourth-order valence-corrected chi connectivity index (χ4v) is 2.86. The second-order valence-corrected chi connectivity index (χ2v) is 4.89. The predicted octanol–water partition coefficient (Wildman–Crippen LogP) is 3.78. The van der Waals surface area contributed by atoms with E-state index in [1.165, 1.54) is 12.8 Å². The molecule has 1 aliphatic carbocycles. The van der Waals surface area contributed by atoms with Crippen LogP contribution >= 0.6 is 11.8 Å². The van der Waals surface area contributed by atoms with E-state index in [1.54, 1.807) is 11.8 Å². The first-order valence-corrected chi connectivity index (χ1v) is 6.72. The molecule has 1 aromatic carbocycles. The number of rotatable bonds is 3. The quantitative estimate of drug-likeness (QED) is 0.569. The van der Waals surface area contributed by atoms with Crippen LogP contribution in [-0.4, -0.2) is 12.0 Å². The molecule has 0 atom stereocenters. The Balaban J connectivity index is 2.24. The third-order valence-electron chi connectivity index (χ3n) is 3.10. The number of Topliss-reactive ketones (excluding diaryl/α,β-unsaturated/α-hetero) is 1. The van der Waals surface area contributed by atoms with Gasteiger partial charge in [0.2, 0.25) is 0 Å². The van der Waals surface area contributed by atoms with E-state index in [4.69, 9.17) is 0 Å². The average molecular weight is 220 g/mol. The van der Waals surface area contributed by atoms with Crippen LogP contribution in [0.5, 0.6) is 0 Å². The van der Waals surface area contributed by atoms with Gasteiger partial charge in [0.25, 0.3) is 0 Å². The second-order valence-electron chi connectivity index (χ2n) is 4.05. The highest BCUT2D eigenvalue weighted by Gasteiger charge is 2.24. The summed E-state index contributed by atoms with van der Waals surface area (Å²) in [5.41, 5.74) is 0.928. The van der Waals surface area contributed by atoms with Crippen molar-refractivity contribution in [1.82, 2.24) is 0 Å². The van der Waals surface area contributed by atoms with E-state index in [0.717, 1.165) is 23.3 Å². The number of carbonyl (C=O) groups excluding carboxylic acids is 1. The average Bonchev–Trinajstić information content (AvgIpc) is 2.81. The molecule has 0 radical (unpaired) electrons. The molecule has 0 aromatic heterocycles. The lowest BCUT2D eigenvalue weighted by atomic mass is 9.96. The van der Waals surface area contributed by atoms with Crippen molar-refractivity contribution in [2.75, 3.05) is 6.26 Å². The van der Waals surface area contributed by atoms with Gasteiger partial charge >= 0.3 is 0 Å². The number of ketones is 1. The number of hydrogen-bond acceptors (Lipinski definition) is 2. The lowest BCUT2D eigenvalue weighted by molar-refractivity contribution is 0.0920. The predicted molar refractivity (Wildman–Crippen MR) is 64.5 cm³/mol. The first-order valence-electron chi connectivity index (χ1n) is 5.50. The fraction of sp³-hybridized carbons (Fsp3) is 0.462. The van der Waals surface area contributed by atoms with Gasteiger partial charge < -0.3 is 0 Å². The Hall–Kier alpha value is -0.760. The summed E-state index contributed by atoms with van der Waals surface area (Å²) in [7, 11) is 0. The molecule has 15 heavy (non-hydrogen) atoms. The molecule has 1 fully saturated rings. The van der Waals surface area contributed by atoms with Crippen LogP contribution in [0.3, 0.4) is 0 Å². The summed E-state index contributed by atoms with van der Waals surface area (Å²) < 4.78 is 0. The van der Waals surface area contributed by atoms with Gasteiger partial charge in [-0.2, -0.15) is 0 Å². The second kappa shape index (κ2) is 4.84. The molecule has 0 unspecified atom stereocenters. The number of thioether (sulfide) groups is 1. The first kappa shape index (κ1) is 10.7. The van der Waals surface area contributed by atoms with Gasteiger partial charge in [-0.3, -0.25) is 4.79 Å². The zero-order valence-electron chi connectivity index (χ0n) is 9.03. The van der Waals surface area contributed by atoms with E-state index in [2.05, 4.69) is 0 Å². The third-order valence-corrected chi connectivity index (χ3v) is 3.89. The Morgan fingerprint density at radius 3 is 2.60 bits per heavy atom. The monoisotopic (exact) mass is 220 g/mol. The molecule has 0 amide bonds. The van der Waals surface area contributed by atoms with Crippen LogP contribution in [0.25, 0.3) is 0 Å². The summed E-state index contributed by atoms with van der Waals surface area (Å²) in [6, 6.07) is 7.96. The van der Waals surface area contributed by atoms with Crippen molar-refractivity contribution in [2.45, 2.75) is 30.6 Å². The minimum atomic E-state index is 0.290. The van der Waals surface area contributed by atoms with E-state index in [-0.39, 0.29) is 0 Å². The lowest BCUT2D eigenvalue weighted by Crippen LogP contribution is -2.11. The largest absolute Gasteiger partial charge is 0.294 e. The van der Waals surface area contributed by atoms with Crippen LogP contribution < -0.4 is 0 Å². The van der Waals surface area contributed by atoms with Gasteiger partial charge in [0, 0.05) is 16.4 Å². The van der Waals surface area contributed by atoms with Crippen molar-refractivity contribution in [3.05, 3.63) is 29.8 Å². The van der Waals surface area contributed by atoms with E-state index < -0.39 is 0 Å². The van der Waals surface area contributed by atoms with Crippen LogP contribution in [-0.2, 0) is 0 Å². The van der Waals surface area contributed by atoms with Gasteiger partial charge in [-0.15, -0.1) is 11.8 Å². The molecule has 0 aliphatic heterocycles. The van der Waals surface area contributed by atoms with Crippen LogP contribution in [0, 0.1) is 5.92 Å². The molecule has 0 spiro atoms. The smallest absolute Gasteiger partial charge is 0.167 e. The Bertz CT molecular complexity index is 353. The zero-order chi connectivity index (χ0) is 10.7. The van der Waals surface area contributed by atoms with Crippen molar-refractivity contribution in [3.63, 3.8) is 0 Å². The summed E-state index contributed by atoms with van der Waals surface area (Å²) in [4.78, 5) is 13.3. The molecule has 0 N–H and O–H groups in total. The molecule has 1 saturated carbocycles. The lowest BCUT2D eigenvalue weighted by Gasteiger charge is -2.10. The number of benzene rings is 1. The number of hydrogen-bond donors (Lipinski definition) is 0. The molecule has 80 valence electrons. The van der Waals surface area contributed by atoms with Gasteiger partial charge in [0.1, 0.15) is 0 Å². The minimum absolute atomic E-state index is 0.290. The van der Waals surface area contributed by atoms with Crippen molar-refractivity contribution in [2.24, 2.45) is 5.92 Å². The topological polar surface area (TPSA) is 17.1 Å². The summed E-state index contributed by atoms with van der Waals surface area (Å²) in [6.07, 6.45) is 6.64. The van der Waals surface area contributed by atoms with Crippen LogP contribution in [0.2, 0.25) is 0 Å². The molecule has 0 saturated heterocycles. The van der Waals surface area contributed by atoms with Gasteiger partial charge in [0.15, 0.2) is 5.78 Å². The highest BCUT2D eigenvalue weighted by molar-refractivity contribution is 7.98. The maximum Gasteiger partial charge on any atom is 0.167 e. The fourth-order valence-electron chi connectivity index (χ4n) is 2.26. The molecular weight excluding hydrogens is 204 g/mol. The van der Waals surface area contributed by atoms with E-state index in [1.807, 2.05) is 30.5 Å². The van der Waals surface area contributed by atoms with Crippen molar-refractivity contribution >= 4 is 17.5 Å². The van der Waals surface area contributed by atoms with E-state index in [0.29, 0.717) is 11.7 Å². The maximum absolute atomic E-state index is 12.2. The van der Waals surface area contributed by atoms with Crippen LogP contribution in [0.15, 0.2) is 29.2 Å². The SMILES string of the molecule is CSc1ccccc1C(=O)C1CCCC1. The molecule has 1 nitrogen and oxygen atoms in total. The molecule has 1 aromatic rings. The Labute approximate surface area is 95.3 Å². The summed E-state index contributed by atoms with van der Waals surface area (Å²) in [6.45, 7) is 0. The standard InChI is InChI=1S/C13H16OS/c1-15-12-9-5-4-8-11(12)13(14)10-6-2-3-7-10/h4-5,8-10H,2-3,6-7H2,1H3. The molecule has 2 rings (SSSR count). The van der Waals surface area contributed by atoms with E-state index in [9.17, 15) is 4.79 Å². The highest BCUT2D eigenvalue weighted by Crippen LogP contribution is 2.31.